The fourth-order valence-electron chi connectivity index (χ4n) is 4.23. The first-order valence-corrected chi connectivity index (χ1v) is 11.4. The molecule has 2 aliphatic rings. The second kappa shape index (κ2) is 11.3. The van der Waals surface area contributed by atoms with Gasteiger partial charge in [0.15, 0.2) is 29.3 Å². The molecular weight excluding hydrogens is 516 g/mol. The number of rotatable bonds is 4. The van der Waals surface area contributed by atoms with E-state index in [0.717, 1.165) is 12.1 Å². The quantitative estimate of drug-likeness (QED) is 0.553. The molecule has 7 nitrogen and oxygen atoms in total. The first kappa shape index (κ1) is 27.4. The van der Waals surface area contributed by atoms with Crippen molar-refractivity contribution in [2.24, 2.45) is 0 Å². The van der Waals surface area contributed by atoms with Crippen molar-refractivity contribution >= 4 is 23.3 Å². The van der Waals surface area contributed by atoms with Crippen molar-refractivity contribution in [1.82, 2.24) is 9.88 Å². The summed E-state index contributed by atoms with van der Waals surface area (Å²) in [6, 6.07) is 2.17. The number of nitrogens with zero attached hydrogens (tertiary/aromatic N) is 3. The second-order valence-electron chi connectivity index (χ2n) is 8.27. The number of aryl methyl sites for hydroxylation is 1. The van der Waals surface area contributed by atoms with Crippen molar-refractivity contribution in [3.05, 3.63) is 53.0 Å². The second-order valence-corrected chi connectivity index (χ2v) is 8.41. The standard InChI is InChI=1S/C22H21F6N3O2.O2S/c1-12-8-16(24)19(10-15(12)23)33-18-4-7-31(21(18)32)14-2-5-30(6-3-14)20-17(25)9-13(11-29-20)22(26,27)28;1-3-2/h8-11,14,18H,2-7H2,1H3;/t18-;/m0./s1. The summed E-state index contributed by atoms with van der Waals surface area (Å²) in [5.74, 6) is -3.26. The van der Waals surface area contributed by atoms with E-state index >= 15 is 0 Å². The molecule has 0 N–H and O–H groups in total. The van der Waals surface area contributed by atoms with Crippen molar-refractivity contribution in [2.45, 2.75) is 44.5 Å². The molecule has 0 saturated carbocycles. The monoisotopic (exact) mass is 537 g/mol. The van der Waals surface area contributed by atoms with Crippen LogP contribution in [0.25, 0.3) is 0 Å². The third-order valence-electron chi connectivity index (χ3n) is 6.03. The highest BCUT2D eigenvalue weighted by atomic mass is 32.1. The number of ether oxygens (including phenoxy) is 1. The Bertz CT molecular complexity index is 1150. The van der Waals surface area contributed by atoms with E-state index in [4.69, 9.17) is 13.2 Å². The summed E-state index contributed by atoms with van der Waals surface area (Å²) < 4.78 is 102. The number of aromatic nitrogens is 1. The summed E-state index contributed by atoms with van der Waals surface area (Å²) in [5, 5.41) is 0. The SMILES string of the molecule is Cc1cc(F)c(O[C@H]2CCN(C3CCN(c4ncc(C(F)(F)F)cc4F)CC3)C2=O)cc1F.O=S=O. The van der Waals surface area contributed by atoms with Gasteiger partial charge in [0.05, 0.1) is 5.56 Å². The van der Waals surface area contributed by atoms with Gasteiger partial charge in [0, 0.05) is 44.4 Å². The molecule has 3 heterocycles. The van der Waals surface area contributed by atoms with Gasteiger partial charge in [0.1, 0.15) is 5.82 Å². The zero-order valence-corrected chi connectivity index (χ0v) is 19.7. The van der Waals surface area contributed by atoms with Gasteiger partial charge in [0.2, 0.25) is 0 Å². The molecule has 0 aliphatic carbocycles. The predicted octanol–water partition coefficient (Wildman–Crippen LogP) is 3.80. The van der Waals surface area contributed by atoms with Crippen LogP contribution in [0.15, 0.2) is 24.4 Å². The zero-order valence-electron chi connectivity index (χ0n) is 18.9. The summed E-state index contributed by atoms with van der Waals surface area (Å²) in [6.07, 6.45) is -3.80. The molecule has 2 fully saturated rings. The van der Waals surface area contributed by atoms with E-state index in [2.05, 4.69) is 4.98 Å². The minimum Gasteiger partial charge on any atom is -0.477 e. The van der Waals surface area contributed by atoms with Crippen LogP contribution < -0.4 is 9.64 Å². The normalized spacial score (nSPS) is 18.6. The number of hydrogen-bond acceptors (Lipinski definition) is 6. The van der Waals surface area contributed by atoms with Gasteiger partial charge in [0.25, 0.3) is 5.91 Å². The van der Waals surface area contributed by atoms with Gasteiger partial charge < -0.3 is 14.5 Å². The predicted molar refractivity (Wildman–Crippen MR) is 115 cm³/mol. The Hall–Kier alpha value is -3.16. The van der Waals surface area contributed by atoms with E-state index in [0.29, 0.717) is 51.2 Å². The minimum atomic E-state index is -4.68. The molecule has 36 heavy (non-hydrogen) atoms. The number of hydrogen-bond donors (Lipinski definition) is 0. The lowest BCUT2D eigenvalue weighted by molar-refractivity contribution is -0.138. The van der Waals surface area contributed by atoms with Crippen molar-refractivity contribution in [1.29, 1.82) is 0 Å². The first-order chi connectivity index (χ1) is 17.0. The van der Waals surface area contributed by atoms with Crippen molar-refractivity contribution in [2.75, 3.05) is 24.5 Å². The molecule has 196 valence electrons. The number of benzene rings is 1. The Morgan fingerprint density at radius 2 is 1.61 bits per heavy atom. The van der Waals surface area contributed by atoms with Gasteiger partial charge in [-0.3, -0.25) is 4.79 Å². The summed E-state index contributed by atoms with van der Waals surface area (Å²) in [4.78, 5) is 19.6. The lowest BCUT2D eigenvalue weighted by Crippen LogP contribution is -2.47. The summed E-state index contributed by atoms with van der Waals surface area (Å²) in [7, 11) is 0. The molecule has 2 aromatic rings. The molecule has 4 rings (SSSR count). The third-order valence-corrected chi connectivity index (χ3v) is 6.03. The Balaban J connectivity index is 0.00000115. The Morgan fingerprint density at radius 1 is 0.972 bits per heavy atom. The number of carbonyl (C=O) groups is 1. The number of carbonyl (C=O) groups excluding carboxylic acids is 1. The molecule has 14 heteroatoms. The number of amides is 1. The third kappa shape index (κ3) is 6.15. The van der Waals surface area contributed by atoms with Crippen LogP contribution in [0.1, 0.15) is 30.4 Å². The van der Waals surface area contributed by atoms with Crippen LogP contribution in [-0.4, -0.2) is 56.0 Å². The molecular formula is C22H21F6N3O4S. The molecule has 1 aromatic carbocycles. The largest absolute Gasteiger partial charge is 0.477 e. The molecule has 1 atom stereocenters. The number of alkyl halides is 3. The smallest absolute Gasteiger partial charge is 0.417 e. The minimum absolute atomic E-state index is 0.130. The fourth-order valence-corrected chi connectivity index (χ4v) is 4.23. The van der Waals surface area contributed by atoms with E-state index < -0.39 is 46.9 Å². The molecule has 1 amide bonds. The molecule has 0 spiro atoms. The zero-order chi connectivity index (χ0) is 26.6. The van der Waals surface area contributed by atoms with Crippen LogP contribution >= 0.6 is 0 Å². The highest BCUT2D eigenvalue weighted by molar-refractivity contribution is 7.51. The molecule has 1 aromatic heterocycles. The van der Waals surface area contributed by atoms with E-state index in [1.165, 1.54) is 6.92 Å². The maximum Gasteiger partial charge on any atom is 0.417 e. The number of anilines is 1. The maximum atomic E-state index is 14.2. The first-order valence-electron chi connectivity index (χ1n) is 10.8. The summed E-state index contributed by atoms with van der Waals surface area (Å²) in [5.41, 5.74) is -1.03. The van der Waals surface area contributed by atoms with Crippen LogP contribution in [0.5, 0.6) is 5.75 Å². The van der Waals surface area contributed by atoms with E-state index in [1.54, 1.807) is 9.80 Å². The van der Waals surface area contributed by atoms with Gasteiger partial charge in [-0.2, -0.15) is 21.6 Å². The highest BCUT2D eigenvalue weighted by Crippen LogP contribution is 2.33. The van der Waals surface area contributed by atoms with Crippen LogP contribution in [0, 0.1) is 24.4 Å². The maximum absolute atomic E-state index is 14.2. The number of pyridine rings is 1. The van der Waals surface area contributed by atoms with Gasteiger partial charge in [-0.15, -0.1) is 0 Å². The molecule has 0 radical (unpaired) electrons. The van der Waals surface area contributed by atoms with Crippen molar-refractivity contribution in [3.8, 4) is 5.75 Å². The van der Waals surface area contributed by atoms with Crippen molar-refractivity contribution < 1.29 is 44.3 Å². The average molecular weight is 537 g/mol. The van der Waals surface area contributed by atoms with E-state index in [9.17, 15) is 31.1 Å². The molecule has 0 bridgehead atoms. The Labute approximate surface area is 205 Å². The number of halogens is 6. The Morgan fingerprint density at radius 3 is 2.19 bits per heavy atom. The lowest BCUT2D eigenvalue weighted by atomic mass is 10.0. The summed E-state index contributed by atoms with van der Waals surface area (Å²) >= 11 is -0.750. The van der Waals surface area contributed by atoms with E-state index in [-0.39, 0.29) is 29.1 Å². The number of likely N-dealkylation sites (tertiary alicyclic amines) is 1. The fraction of sp³-hybridized carbons (Fsp3) is 0.455. The molecule has 2 saturated heterocycles. The van der Waals surface area contributed by atoms with Crippen molar-refractivity contribution in [3.63, 3.8) is 0 Å². The topological polar surface area (TPSA) is 79.8 Å². The van der Waals surface area contributed by atoms with Gasteiger partial charge in [-0.05, 0) is 37.5 Å². The molecule has 2 aliphatic heterocycles. The molecule has 0 unspecified atom stereocenters. The summed E-state index contributed by atoms with van der Waals surface area (Å²) in [6.45, 7) is 2.39. The number of piperidine rings is 1. The average Bonchev–Trinajstić information content (AvgIpc) is 3.17. The lowest BCUT2D eigenvalue weighted by Gasteiger charge is -2.37. The van der Waals surface area contributed by atoms with Gasteiger partial charge in [-0.25, -0.2) is 18.2 Å². The van der Waals surface area contributed by atoms with Crippen LogP contribution in [0.2, 0.25) is 0 Å². The Kier molecular flexibility index (Phi) is 8.59. The van der Waals surface area contributed by atoms with Gasteiger partial charge >= 0.3 is 17.7 Å². The van der Waals surface area contributed by atoms with Crippen LogP contribution in [-0.2, 0) is 22.5 Å². The highest BCUT2D eigenvalue weighted by Gasteiger charge is 2.39. The van der Waals surface area contributed by atoms with Crippen LogP contribution in [0.4, 0.5) is 32.2 Å². The van der Waals surface area contributed by atoms with Gasteiger partial charge in [-0.1, -0.05) is 0 Å². The van der Waals surface area contributed by atoms with E-state index in [1.807, 2.05) is 0 Å². The van der Waals surface area contributed by atoms with Crippen LogP contribution in [0.3, 0.4) is 0 Å².